The zero-order chi connectivity index (χ0) is 11.3. The van der Waals surface area contributed by atoms with Crippen molar-refractivity contribution < 1.29 is 14.3 Å². The summed E-state index contributed by atoms with van der Waals surface area (Å²) in [7, 11) is 0. The second-order valence-electron chi connectivity index (χ2n) is 3.70. The molecule has 0 aromatic rings. The first kappa shape index (κ1) is 11.8. The second kappa shape index (κ2) is 4.96. The quantitative estimate of drug-likeness (QED) is 0.561. The van der Waals surface area contributed by atoms with E-state index in [9.17, 15) is 9.59 Å². The molecule has 0 aromatic heterocycles. The molecule has 0 bridgehead atoms. The van der Waals surface area contributed by atoms with Gasteiger partial charge in [0.05, 0.1) is 6.61 Å². The highest BCUT2D eigenvalue weighted by Crippen LogP contribution is 2.25. The smallest absolute Gasteiger partial charge is 0.332 e. The Morgan fingerprint density at radius 2 is 2.47 bits per heavy atom. The number of ether oxygens (including phenoxy) is 1. The van der Waals surface area contributed by atoms with Crippen LogP contribution >= 0.6 is 0 Å². The summed E-state index contributed by atoms with van der Waals surface area (Å²) in [5.74, 6) is -0.436. The average molecular weight is 211 g/mol. The molecule has 1 aliphatic heterocycles. The van der Waals surface area contributed by atoms with E-state index in [4.69, 9.17) is 4.74 Å². The molecular formula is C11H17NO3. The first-order valence-electron chi connectivity index (χ1n) is 5.24. The predicted octanol–water partition coefficient (Wildman–Crippen LogP) is 1.16. The van der Waals surface area contributed by atoms with E-state index < -0.39 is 5.54 Å². The van der Waals surface area contributed by atoms with Gasteiger partial charge in [-0.2, -0.15) is 0 Å². The number of piperidine rings is 1. The van der Waals surface area contributed by atoms with E-state index in [1.807, 2.05) is 0 Å². The van der Waals surface area contributed by atoms with Crippen LogP contribution in [0.5, 0.6) is 0 Å². The van der Waals surface area contributed by atoms with Crippen molar-refractivity contribution in [2.45, 2.75) is 38.1 Å². The van der Waals surface area contributed by atoms with Gasteiger partial charge in [0.15, 0.2) is 0 Å². The highest BCUT2D eigenvalue weighted by atomic mass is 16.5. The van der Waals surface area contributed by atoms with Crippen molar-refractivity contribution in [2.75, 3.05) is 6.61 Å². The van der Waals surface area contributed by atoms with Gasteiger partial charge in [-0.25, -0.2) is 4.79 Å². The molecule has 1 saturated heterocycles. The molecule has 4 nitrogen and oxygen atoms in total. The molecular weight excluding hydrogens is 194 g/mol. The molecule has 1 atom stereocenters. The lowest BCUT2D eigenvalue weighted by Crippen LogP contribution is -2.57. The Morgan fingerprint density at radius 1 is 1.73 bits per heavy atom. The minimum Gasteiger partial charge on any atom is -0.464 e. The Kier molecular flexibility index (Phi) is 3.88. The normalized spacial score (nSPS) is 25.5. The minimum atomic E-state index is -0.868. The highest BCUT2D eigenvalue weighted by molar-refractivity contribution is 5.89. The molecule has 0 spiro atoms. The monoisotopic (exact) mass is 211 g/mol. The zero-order valence-electron chi connectivity index (χ0n) is 9.04. The van der Waals surface area contributed by atoms with Crippen LogP contribution in [0.2, 0.25) is 0 Å². The van der Waals surface area contributed by atoms with Crippen molar-refractivity contribution in [1.82, 2.24) is 5.32 Å². The van der Waals surface area contributed by atoms with Crippen LogP contribution in [0.1, 0.15) is 32.6 Å². The number of carbonyl (C=O) groups excluding carboxylic acids is 2. The van der Waals surface area contributed by atoms with Gasteiger partial charge in [-0.1, -0.05) is 6.08 Å². The van der Waals surface area contributed by atoms with Crippen molar-refractivity contribution in [1.29, 1.82) is 0 Å². The first-order valence-corrected chi connectivity index (χ1v) is 5.24. The SMILES string of the molecule is C=CCC1(C(=O)OCC)CCCC(=O)N1. The summed E-state index contributed by atoms with van der Waals surface area (Å²) in [6, 6.07) is 0. The zero-order valence-corrected chi connectivity index (χ0v) is 9.04. The predicted molar refractivity (Wildman–Crippen MR) is 56.2 cm³/mol. The van der Waals surface area contributed by atoms with Crippen LogP contribution in [0.3, 0.4) is 0 Å². The molecule has 4 heteroatoms. The Bertz CT molecular complexity index is 275. The van der Waals surface area contributed by atoms with E-state index >= 15 is 0 Å². The summed E-state index contributed by atoms with van der Waals surface area (Å²) in [6.07, 6.45) is 3.90. The van der Waals surface area contributed by atoms with E-state index in [0.29, 0.717) is 25.9 Å². The Balaban J connectivity index is 2.80. The van der Waals surface area contributed by atoms with Crippen LogP contribution in [0.15, 0.2) is 12.7 Å². The van der Waals surface area contributed by atoms with Crippen molar-refractivity contribution >= 4 is 11.9 Å². The highest BCUT2D eigenvalue weighted by Gasteiger charge is 2.42. The number of hydrogen-bond donors (Lipinski definition) is 1. The summed E-state index contributed by atoms with van der Waals surface area (Å²) >= 11 is 0. The van der Waals surface area contributed by atoms with Crippen LogP contribution in [-0.4, -0.2) is 24.0 Å². The van der Waals surface area contributed by atoms with Crippen LogP contribution in [0, 0.1) is 0 Å². The minimum absolute atomic E-state index is 0.0869. The lowest BCUT2D eigenvalue weighted by Gasteiger charge is -2.34. The van der Waals surface area contributed by atoms with E-state index in [1.165, 1.54) is 0 Å². The van der Waals surface area contributed by atoms with Crippen LogP contribution in [-0.2, 0) is 14.3 Å². The average Bonchev–Trinajstić information content (AvgIpc) is 2.18. The van der Waals surface area contributed by atoms with Crippen molar-refractivity contribution in [3.05, 3.63) is 12.7 Å². The van der Waals surface area contributed by atoms with Gasteiger partial charge in [-0.3, -0.25) is 4.79 Å². The lowest BCUT2D eigenvalue weighted by molar-refractivity contribution is -0.155. The summed E-state index contributed by atoms with van der Waals surface area (Å²) < 4.78 is 4.98. The number of esters is 1. The third-order valence-electron chi connectivity index (χ3n) is 2.55. The van der Waals surface area contributed by atoms with E-state index in [1.54, 1.807) is 13.0 Å². The van der Waals surface area contributed by atoms with Crippen molar-refractivity contribution in [2.24, 2.45) is 0 Å². The number of carbonyl (C=O) groups is 2. The van der Waals surface area contributed by atoms with Gasteiger partial charge in [-0.15, -0.1) is 6.58 Å². The number of amides is 1. The lowest BCUT2D eigenvalue weighted by atomic mass is 9.85. The summed E-state index contributed by atoms with van der Waals surface area (Å²) in [5, 5.41) is 2.73. The number of rotatable bonds is 4. The van der Waals surface area contributed by atoms with Crippen LogP contribution in [0.25, 0.3) is 0 Å². The maximum absolute atomic E-state index is 11.8. The van der Waals surface area contributed by atoms with Crippen LogP contribution < -0.4 is 5.32 Å². The third-order valence-corrected chi connectivity index (χ3v) is 2.55. The molecule has 1 rings (SSSR count). The Hall–Kier alpha value is -1.32. The van der Waals surface area contributed by atoms with Gasteiger partial charge in [0.25, 0.3) is 0 Å². The second-order valence-corrected chi connectivity index (χ2v) is 3.70. The molecule has 0 saturated carbocycles. The van der Waals surface area contributed by atoms with Crippen molar-refractivity contribution in [3.8, 4) is 0 Å². The Labute approximate surface area is 89.7 Å². The Morgan fingerprint density at radius 3 is 3.00 bits per heavy atom. The largest absolute Gasteiger partial charge is 0.464 e. The van der Waals surface area contributed by atoms with Gasteiger partial charge in [0, 0.05) is 6.42 Å². The van der Waals surface area contributed by atoms with Crippen LogP contribution in [0.4, 0.5) is 0 Å². The number of nitrogens with one attached hydrogen (secondary N) is 1. The fraction of sp³-hybridized carbons (Fsp3) is 0.636. The summed E-state index contributed by atoms with van der Waals surface area (Å²) in [4.78, 5) is 23.1. The maximum atomic E-state index is 11.8. The van der Waals surface area contributed by atoms with E-state index in [-0.39, 0.29) is 11.9 Å². The summed E-state index contributed by atoms with van der Waals surface area (Å²) in [6.45, 7) is 5.69. The molecule has 1 amide bonds. The summed E-state index contributed by atoms with van der Waals surface area (Å²) in [5.41, 5.74) is -0.868. The molecule has 0 radical (unpaired) electrons. The van der Waals surface area contributed by atoms with Gasteiger partial charge < -0.3 is 10.1 Å². The molecule has 0 aliphatic carbocycles. The first-order chi connectivity index (χ1) is 7.14. The topological polar surface area (TPSA) is 55.4 Å². The van der Waals surface area contributed by atoms with E-state index in [2.05, 4.69) is 11.9 Å². The number of hydrogen-bond acceptors (Lipinski definition) is 3. The van der Waals surface area contributed by atoms with Crippen molar-refractivity contribution in [3.63, 3.8) is 0 Å². The van der Waals surface area contributed by atoms with Gasteiger partial charge in [0.1, 0.15) is 5.54 Å². The van der Waals surface area contributed by atoms with Gasteiger partial charge >= 0.3 is 5.97 Å². The molecule has 0 aromatic carbocycles. The molecule has 1 N–H and O–H groups in total. The standard InChI is InChI=1S/C11H17NO3/c1-3-7-11(10(14)15-4-2)8-5-6-9(13)12-11/h3H,1,4-8H2,2H3,(H,12,13). The molecule has 1 aliphatic rings. The molecule has 1 heterocycles. The fourth-order valence-corrected chi connectivity index (χ4v) is 1.85. The molecule has 1 fully saturated rings. The fourth-order valence-electron chi connectivity index (χ4n) is 1.85. The maximum Gasteiger partial charge on any atom is 0.332 e. The van der Waals surface area contributed by atoms with Gasteiger partial charge in [-0.05, 0) is 26.2 Å². The molecule has 1 unspecified atom stereocenters. The van der Waals surface area contributed by atoms with Gasteiger partial charge in [0.2, 0.25) is 5.91 Å². The van der Waals surface area contributed by atoms with E-state index in [0.717, 1.165) is 6.42 Å². The molecule has 84 valence electrons. The third kappa shape index (κ3) is 2.58. The molecule has 15 heavy (non-hydrogen) atoms.